The number of carbonyl (C=O) groups excluding carboxylic acids is 1. The van der Waals surface area contributed by atoms with E-state index in [4.69, 9.17) is 4.52 Å². The van der Waals surface area contributed by atoms with Gasteiger partial charge in [0.2, 0.25) is 5.76 Å². The van der Waals surface area contributed by atoms with Gasteiger partial charge in [-0.25, -0.2) is 8.78 Å². The van der Waals surface area contributed by atoms with Crippen molar-refractivity contribution in [3.63, 3.8) is 0 Å². The van der Waals surface area contributed by atoms with E-state index in [1.807, 2.05) is 0 Å². The van der Waals surface area contributed by atoms with Crippen LogP contribution in [0.15, 0.2) is 59.1 Å². The lowest BCUT2D eigenvalue weighted by Crippen LogP contribution is -2.49. The van der Waals surface area contributed by atoms with E-state index in [9.17, 15) is 13.6 Å². The average molecular weight is 397 g/mol. The molecule has 0 saturated carbocycles. The molecule has 3 aromatic rings. The third kappa shape index (κ3) is 4.19. The second-order valence-electron chi connectivity index (χ2n) is 7.17. The van der Waals surface area contributed by atoms with Gasteiger partial charge in [-0.3, -0.25) is 9.69 Å². The highest BCUT2D eigenvalue weighted by Crippen LogP contribution is 2.30. The second-order valence-corrected chi connectivity index (χ2v) is 7.17. The van der Waals surface area contributed by atoms with Crippen molar-refractivity contribution >= 4 is 5.91 Å². The summed E-state index contributed by atoms with van der Waals surface area (Å²) < 4.78 is 31.9. The fraction of sp³-hybridized carbons (Fsp3) is 0.273. The molecule has 2 heterocycles. The molecule has 2 aromatic carbocycles. The Bertz CT molecular complexity index is 933. The normalized spacial score (nSPS) is 15.1. The molecule has 29 heavy (non-hydrogen) atoms. The molecular weight excluding hydrogens is 376 g/mol. The first-order valence-corrected chi connectivity index (χ1v) is 9.49. The van der Waals surface area contributed by atoms with Crippen LogP contribution in [0.4, 0.5) is 8.78 Å². The Morgan fingerprint density at radius 2 is 1.45 bits per heavy atom. The Morgan fingerprint density at radius 1 is 0.931 bits per heavy atom. The van der Waals surface area contributed by atoms with Gasteiger partial charge >= 0.3 is 0 Å². The molecule has 4 rings (SSSR count). The summed E-state index contributed by atoms with van der Waals surface area (Å²) >= 11 is 0. The van der Waals surface area contributed by atoms with Crippen LogP contribution < -0.4 is 0 Å². The third-order valence-electron chi connectivity index (χ3n) is 5.18. The van der Waals surface area contributed by atoms with Gasteiger partial charge in [-0.1, -0.05) is 29.4 Å². The van der Waals surface area contributed by atoms with E-state index in [2.05, 4.69) is 10.1 Å². The Hall–Kier alpha value is -3.06. The Kier molecular flexibility index (Phi) is 5.40. The van der Waals surface area contributed by atoms with E-state index >= 15 is 0 Å². The van der Waals surface area contributed by atoms with Gasteiger partial charge in [0.05, 0.1) is 11.7 Å². The molecule has 7 heteroatoms. The van der Waals surface area contributed by atoms with E-state index in [0.717, 1.165) is 11.1 Å². The van der Waals surface area contributed by atoms with E-state index in [0.29, 0.717) is 31.9 Å². The highest BCUT2D eigenvalue weighted by Gasteiger charge is 2.29. The maximum atomic E-state index is 13.4. The summed E-state index contributed by atoms with van der Waals surface area (Å²) in [7, 11) is 0. The number of rotatable bonds is 4. The molecule has 0 radical (unpaired) electrons. The molecule has 1 aromatic heterocycles. The number of aryl methyl sites for hydroxylation is 1. The summed E-state index contributed by atoms with van der Waals surface area (Å²) in [5.41, 5.74) is 2.51. The van der Waals surface area contributed by atoms with Crippen molar-refractivity contribution in [1.82, 2.24) is 15.0 Å². The summed E-state index contributed by atoms with van der Waals surface area (Å²) in [6.45, 7) is 4.07. The Morgan fingerprint density at radius 3 is 1.90 bits per heavy atom. The number of piperazine rings is 1. The van der Waals surface area contributed by atoms with Crippen LogP contribution in [0.1, 0.15) is 33.4 Å². The molecule has 0 unspecified atom stereocenters. The fourth-order valence-corrected chi connectivity index (χ4v) is 3.71. The SMILES string of the molecule is Cc1cc(C(=O)N2CCN(C(c3ccc(F)cc3)c3ccc(F)cc3)CC2)on1. The van der Waals surface area contributed by atoms with Crippen LogP contribution in [0.25, 0.3) is 0 Å². The molecule has 0 bridgehead atoms. The van der Waals surface area contributed by atoms with Gasteiger partial charge in [0, 0.05) is 32.2 Å². The summed E-state index contributed by atoms with van der Waals surface area (Å²) in [5, 5.41) is 3.78. The van der Waals surface area contributed by atoms with Gasteiger partial charge in [-0.2, -0.15) is 0 Å². The first kappa shape index (κ1) is 19.3. The number of hydrogen-bond donors (Lipinski definition) is 0. The second kappa shape index (κ2) is 8.13. The molecule has 0 spiro atoms. The van der Waals surface area contributed by atoms with Crippen LogP contribution in [0.2, 0.25) is 0 Å². The number of halogens is 2. The smallest absolute Gasteiger partial charge is 0.292 e. The standard InChI is InChI=1S/C22H21F2N3O2/c1-15-14-20(29-25-15)22(28)27-12-10-26(11-13-27)21(16-2-6-18(23)7-3-16)17-4-8-19(24)9-5-17/h2-9,14,21H,10-13H2,1H3. The lowest BCUT2D eigenvalue weighted by molar-refractivity contribution is 0.0559. The largest absolute Gasteiger partial charge is 0.351 e. The zero-order valence-electron chi connectivity index (χ0n) is 16.0. The Labute approximate surface area is 167 Å². The lowest BCUT2D eigenvalue weighted by Gasteiger charge is -2.39. The van der Waals surface area contributed by atoms with Crippen molar-refractivity contribution in [2.45, 2.75) is 13.0 Å². The number of benzene rings is 2. The molecular formula is C22H21F2N3O2. The zero-order valence-corrected chi connectivity index (χ0v) is 16.0. The fourth-order valence-electron chi connectivity index (χ4n) is 3.71. The third-order valence-corrected chi connectivity index (χ3v) is 5.18. The molecule has 1 fully saturated rings. The van der Waals surface area contributed by atoms with Gasteiger partial charge in [-0.15, -0.1) is 0 Å². The molecule has 150 valence electrons. The minimum atomic E-state index is -0.302. The quantitative estimate of drug-likeness (QED) is 0.672. The van der Waals surface area contributed by atoms with Crippen molar-refractivity contribution in [2.75, 3.05) is 26.2 Å². The zero-order chi connectivity index (χ0) is 20.4. The first-order chi connectivity index (χ1) is 14.0. The minimum absolute atomic E-state index is 0.152. The van der Waals surface area contributed by atoms with Gasteiger partial charge in [0.25, 0.3) is 5.91 Å². The molecule has 1 saturated heterocycles. The first-order valence-electron chi connectivity index (χ1n) is 9.49. The highest BCUT2D eigenvalue weighted by atomic mass is 19.1. The van der Waals surface area contributed by atoms with Crippen molar-refractivity contribution in [3.05, 3.63) is 88.8 Å². The number of aromatic nitrogens is 1. The van der Waals surface area contributed by atoms with Crippen molar-refractivity contribution in [3.8, 4) is 0 Å². The lowest BCUT2D eigenvalue weighted by atomic mass is 9.96. The summed E-state index contributed by atoms with van der Waals surface area (Å²) in [4.78, 5) is 16.6. The molecule has 1 amide bonds. The number of nitrogens with zero attached hydrogens (tertiary/aromatic N) is 3. The number of amides is 1. The molecule has 1 aliphatic heterocycles. The average Bonchev–Trinajstić information content (AvgIpc) is 3.17. The molecule has 0 atom stereocenters. The van der Waals surface area contributed by atoms with Crippen LogP contribution in [0.5, 0.6) is 0 Å². The summed E-state index contributed by atoms with van der Waals surface area (Å²) in [6, 6.07) is 14.2. The maximum Gasteiger partial charge on any atom is 0.292 e. The number of hydrogen-bond acceptors (Lipinski definition) is 4. The van der Waals surface area contributed by atoms with Crippen molar-refractivity contribution in [2.24, 2.45) is 0 Å². The molecule has 0 N–H and O–H groups in total. The summed E-state index contributed by atoms with van der Waals surface area (Å²) in [5.74, 6) is -0.538. The van der Waals surface area contributed by atoms with E-state index in [1.54, 1.807) is 42.2 Å². The van der Waals surface area contributed by atoms with Crippen molar-refractivity contribution in [1.29, 1.82) is 0 Å². The highest BCUT2D eigenvalue weighted by molar-refractivity contribution is 5.91. The monoisotopic (exact) mass is 397 g/mol. The van der Waals surface area contributed by atoms with E-state index in [-0.39, 0.29) is 29.3 Å². The van der Waals surface area contributed by atoms with Crippen LogP contribution >= 0.6 is 0 Å². The predicted octanol–water partition coefficient (Wildman–Crippen LogP) is 3.81. The van der Waals surface area contributed by atoms with Crippen LogP contribution in [0, 0.1) is 18.6 Å². The van der Waals surface area contributed by atoms with Crippen LogP contribution in [-0.2, 0) is 0 Å². The maximum absolute atomic E-state index is 13.4. The topological polar surface area (TPSA) is 49.6 Å². The molecule has 0 aliphatic carbocycles. The molecule has 5 nitrogen and oxygen atoms in total. The summed E-state index contributed by atoms with van der Waals surface area (Å²) in [6.07, 6.45) is 0. The van der Waals surface area contributed by atoms with Crippen LogP contribution in [0.3, 0.4) is 0 Å². The van der Waals surface area contributed by atoms with Gasteiger partial charge in [0.1, 0.15) is 11.6 Å². The Balaban J connectivity index is 1.54. The van der Waals surface area contributed by atoms with Crippen molar-refractivity contribution < 1.29 is 18.1 Å². The van der Waals surface area contributed by atoms with E-state index < -0.39 is 0 Å². The minimum Gasteiger partial charge on any atom is -0.351 e. The molecule has 1 aliphatic rings. The van der Waals surface area contributed by atoms with Gasteiger partial charge < -0.3 is 9.42 Å². The van der Waals surface area contributed by atoms with Gasteiger partial charge in [-0.05, 0) is 42.3 Å². The van der Waals surface area contributed by atoms with E-state index in [1.165, 1.54) is 24.3 Å². The van der Waals surface area contributed by atoms with Crippen LogP contribution in [-0.4, -0.2) is 47.0 Å². The van der Waals surface area contributed by atoms with Gasteiger partial charge in [0.15, 0.2) is 0 Å². The number of carbonyl (C=O) groups is 1. The predicted molar refractivity (Wildman–Crippen MR) is 103 cm³/mol.